The number of hydrogen-bond acceptors (Lipinski definition) is 4. The molecule has 2 heterocycles. The second kappa shape index (κ2) is 5.76. The quantitative estimate of drug-likeness (QED) is 0.856. The molecule has 0 spiro atoms. The molecule has 2 saturated carbocycles. The minimum atomic E-state index is -0.0412. The Hall–Kier alpha value is -1.66. The third kappa shape index (κ3) is 3.33. The Kier molecular flexibility index (Phi) is 3.73. The first-order chi connectivity index (χ1) is 11.1. The zero-order valence-corrected chi connectivity index (χ0v) is 14.3. The maximum Gasteiger partial charge on any atom is 0.265 e. The van der Waals surface area contributed by atoms with E-state index in [2.05, 4.69) is 28.7 Å². The molecule has 1 amide bonds. The number of hydrogen-bond donors (Lipinski definition) is 2. The average Bonchev–Trinajstić information content (AvgIpc) is 3.41. The average molecular weight is 330 g/mol. The Balaban J connectivity index is 1.39. The number of carbonyl (C=O) groups excluding carboxylic acids is 1. The third-order valence-corrected chi connectivity index (χ3v) is 5.76. The van der Waals surface area contributed by atoms with Gasteiger partial charge in [0.1, 0.15) is 0 Å². The molecule has 2 N–H and O–H groups in total. The first-order valence-electron chi connectivity index (χ1n) is 8.24. The van der Waals surface area contributed by atoms with E-state index in [-0.39, 0.29) is 5.91 Å². The van der Waals surface area contributed by atoms with Gasteiger partial charge in [-0.2, -0.15) is 5.10 Å². The van der Waals surface area contributed by atoms with Gasteiger partial charge >= 0.3 is 0 Å². The molecule has 0 aromatic carbocycles. The molecule has 5 nitrogen and oxygen atoms in total. The van der Waals surface area contributed by atoms with E-state index < -0.39 is 0 Å². The molecule has 6 heteroatoms. The highest BCUT2D eigenvalue weighted by atomic mass is 32.1. The molecular weight excluding hydrogens is 308 g/mol. The van der Waals surface area contributed by atoms with Crippen LogP contribution in [0.4, 0.5) is 5.69 Å². The standard InChI is InChI=1S/C17H22N4OS/c1-10-13(14-5-15(14)18-7-11-3-4-11)6-16(23-10)17(22)20-12-8-19-21(2)9-12/h6,8-9,11,14-15,18H,3-5,7H2,1-2H3,(H,20,22)/t14-,15+/m1/s1. The molecule has 2 aromatic heterocycles. The van der Waals surface area contributed by atoms with E-state index in [9.17, 15) is 4.79 Å². The predicted octanol–water partition coefficient (Wildman–Crippen LogP) is 2.90. The number of amides is 1. The topological polar surface area (TPSA) is 59.0 Å². The number of thiophene rings is 1. The summed E-state index contributed by atoms with van der Waals surface area (Å²) in [5.74, 6) is 1.46. The van der Waals surface area contributed by atoms with Crippen LogP contribution in [0.15, 0.2) is 18.5 Å². The van der Waals surface area contributed by atoms with Crippen molar-refractivity contribution in [1.82, 2.24) is 15.1 Å². The summed E-state index contributed by atoms with van der Waals surface area (Å²) in [6.45, 7) is 3.29. The van der Waals surface area contributed by atoms with Crippen LogP contribution in [-0.4, -0.2) is 28.3 Å². The van der Waals surface area contributed by atoms with Crippen LogP contribution in [0.3, 0.4) is 0 Å². The molecule has 2 aromatic rings. The lowest BCUT2D eigenvalue weighted by Gasteiger charge is -2.02. The predicted molar refractivity (Wildman–Crippen MR) is 92.1 cm³/mol. The Morgan fingerprint density at radius 1 is 1.48 bits per heavy atom. The first kappa shape index (κ1) is 14.9. The molecule has 2 aliphatic rings. The summed E-state index contributed by atoms with van der Waals surface area (Å²) >= 11 is 1.59. The highest BCUT2D eigenvalue weighted by molar-refractivity contribution is 7.14. The number of aromatic nitrogens is 2. The lowest BCUT2D eigenvalue weighted by molar-refractivity contribution is 0.103. The molecule has 0 unspecified atom stereocenters. The van der Waals surface area contributed by atoms with E-state index in [1.165, 1.54) is 36.2 Å². The van der Waals surface area contributed by atoms with Crippen molar-refractivity contribution in [3.63, 3.8) is 0 Å². The summed E-state index contributed by atoms with van der Waals surface area (Å²) in [5, 5.41) is 10.7. The normalized spacial score (nSPS) is 23.0. The highest BCUT2D eigenvalue weighted by Gasteiger charge is 2.40. The number of nitrogens with zero attached hydrogens (tertiary/aromatic N) is 2. The Bertz CT molecular complexity index is 731. The number of anilines is 1. The van der Waals surface area contributed by atoms with Crippen molar-refractivity contribution < 1.29 is 4.79 Å². The molecule has 122 valence electrons. The van der Waals surface area contributed by atoms with Gasteiger partial charge in [-0.25, -0.2) is 0 Å². The molecule has 23 heavy (non-hydrogen) atoms. The van der Waals surface area contributed by atoms with Gasteiger partial charge in [-0.15, -0.1) is 11.3 Å². The van der Waals surface area contributed by atoms with Gasteiger partial charge in [-0.05, 0) is 50.3 Å². The van der Waals surface area contributed by atoms with Crippen molar-refractivity contribution in [3.8, 4) is 0 Å². The summed E-state index contributed by atoms with van der Waals surface area (Å²) in [5.41, 5.74) is 2.08. The van der Waals surface area contributed by atoms with Crippen LogP contribution >= 0.6 is 11.3 Å². The van der Waals surface area contributed by atoms with E-state index in [0.29, 0.717) is 12.0 Å². The van der Waals surface area contributed by atoms with Crippen molar-refractivity contribution in [2.45, 2.75) is 38.1 Å². The zero-order valence-electron chi connectivity index (χ0n) is 13.5. The van der Waals surface area contributed by atoms with Gasteiger partial charge < -0.3 is 10.6 Å². The van der Waals surface area contributed by atoms with Crippen LogP contribution in [-0.2, 0) is 7.05 Å². The Labute approximate surface area is 140 Å². The summed E-state index contributed by atoms with van der Waals surface area (Å²) in [6.07, 6.45) is 7.45. The van der Waals surface area contributed by atoms with Crippen LogP contribution in [0.2, 0.25) is 0 Å². The van der Waals surface area contributed by atoms with Crippen molar-refractivity contribution in [2.24, 2.45) is 13.0 Å². The van der Waals surface area contributed by atoms with E-state index in [1.54, 1.807) is 28.4 Å². The van der Waals surface area contributed by atoms with Gasteiger partial charge in [0.15, 0.2) is 0 Å². The number of rotatable bonds is 6. The lowest BCUT2D eigenvalue weighted by Crippen LogP contribution is -2.20. The molecule has 0 radical (unpaired) electrons. The van der Waals surface area contributed by atoms with Gasteiger partial charge in [0.05, 0.1) is 16.8 Å². The van der Waals surface area contributed by atoms with Crippen molar-refractivity contribution in [1.29, 1.82) is 0 Å². The van der Waals surface area contributed by atoms with E-state index >= 15 is 0 Å². The zero-order chi connectivity index (χ0) is 16.0. The van der Waals surface area contributed by atoms with Crippen molar-refractivity contribution in [2.75, 3.05) is 11.9 Å². The Morgan fingerprint density at radius 2 is 2.30 bits per heavy atom. The van der Waals surface area contributed by atoms with E-state index in [1.807, 2.05) is 7.05 Å². The number of aryl methyl sites for hydroxylation is 2. The fraction of sp³-hybridized carbons (Fsp3) is 0.529. The molecule has 0 bridgehead atoms. The largest absolute Gasteiger partial charge is 0.319 e. The molecule has 0 saturated heterocycles. The fourth-order valence-corrected chi connectivity index (χ4v) is 4.05. The molecule has 2 fully saturated rings. The molecule has 0 aliphatic heterocycles. The summed E-state index contributed by atoms with van der Waals surface area (Å²) < 4.78 is 1.68. The number of nitrogens with one attached hydrogen (secondary N) is 2. The van der Waals surface area contributed by atoms with E-state index in [0.717, 1.165) is 16.5 Å². The first-order valence-corrected chi connectivity index (χ1v) is 9.05. The summed E-state index contributed by atoms with van der Waals surface area (Å²) in [6, 6.07) is 2.69. The summed E-state index contributed by atoms with van der Waals surface area (Å²) in [4.78, 5) is 14.4. The van der Waals surface area contributed by atoms with Crippen molar-refractivity contribution >= 4 is 22.9 Å². The minimum absolute atomic E-state index is 0.0412. The molecular formula is C17H22N4OS. The van der Waals surface area contributed by atoms with Crippen LogP contribution in [0.5, 0.6) is 0 Å². The second-order valence-electron chi connectivity index (χ2n) is 6.78. The second-order valence-corrected chi connectivity index (χ2v) is 8.04. The lowest BCUT2D eigenvalue weighted by atomic mass is 10.1. The summed E-state index contributed by atoms with van der Waals surface area (Å²) in [7, 11) is 1.84. The van der Waals surface area contributed by atoms with Gasteiger partial charge in [0.25, 0.3) is 5.91 Å². The van der Waals surface area contributed by atoms with E-state index in [4.69, 9.17) is 0 Å². The fourth-order valence-electron chi connectivity index (χ4n) is 3.06. The van der Waals surface area contributed by atoms with Gasteiger partial charge in [-0.3, -0.25) is 9.48 Å². The SMILES string of the molecule is Cc1sc(C(=O)Nc2cnn(C)c2)cc1[C@H]1C[C@@H]1NCC1CC1. The van der Waals surface area contributed by atoms with Crippen LogP contribution in [0.25, 0.3) is 0 Å². The maximum atomic E-state index is 12.4. The number of carbonyl (C=O) groups is 1. The van der Waals surface area contributed by atoms with Crippen LogP contribution in [0, 0.1) is 12.8 Å². The Morgan fingerprint density at radius 3 is 3.00 bits per heavy atom. The molecule has 2 atom stereocenters. The van der Waals surface area contributed by atoms with Crippen LogP contribution < -0.4 is 10.6 Å². The monoisotopic (exact) mass is 330 g/mol. The van der Waals surface area contributed by atoms with Gasteiger partial charge in [0.2, 0.25) is 0 Å². The van der Waals surface area contributed by atoms with Gasteiger partial charge in [-0.1, -0.05) is 0 Å². The molecule has 2 aliphatic carbocycles. The minimum Gasteiger partial charge on any atom is -0.319 e. The van der Waals surface area contributed by atoms with Crippen LogP contribution in [0.1, 0.15) is 45.3 Å². The maximum absolute atomic E-state index is 12.4. The smallest absolute Gasteiger partial charge is 0.265 e. The van der Waals surface area contributed by atoms with Crippen molar-refractivity contribution in [3.05, 3.63) is 33.8 Å². The molecule has 4 rings (SSSR count). The van der Waals surface area contributed by atoms with Gasteiger partial charge in [0, 0.05) is 30.1 Å². The third-order valence-electron chi connectivity index (χ3n) is 4.70. The highest BCUT2D eigenvalue weighted by Crippen LogP contribution is 2.45.